The number of aryl methyl sites for hydroxylation is 3. The minimum absolute atomic E-state index is 0.799. The molecular formula is C13H18N4. The molecule has 2 aromatic rings. The van der Waals surface area contributed by atoms with Crippen molar-refractivity contribution >= 4 is 0 Å². The highest BCUT2D eigenvalue weighted by Crippen LogP contribution is 2.09. The van der Waals surface area contributed by atoms with E-state index < -0.39 is 0 Å². The molecule has 0 atom stereocenters. The standard InChI is InChI=1S/C13H18N4/c1-2-4-11-7-9-12(10-8-11)5-3-6-13-14-16-17-15-13/h7-10H,2-6H2,1H3,(H,14,15,16,17). The third-order valence-corrected chi connectivity index (χ3v) is 2.82. The second-order valence-corrected chi connectivity index (χ2v) is 4.25. The van der Waals surface area contributed by atoms with Crippen LogP contribution in [0.3, 0.4) is 0 Å². The van der Waals surface area contributed by atoms with E-state index in [2.05, 4.69) is 51.8 Å². The molecule has 4 heteroatoms. The van der Waals surface area contributed by atoms with E-state index in [1.165, 1.54) is 24.0 Å². The monoisotopic (exact) mass is 230 g/mol. The van der Waals surface area contributed by atoms with Crippen LogP contribution in [0.15, 0.2) is 24.3 Å². The first-order valence-corrected chi connectivity index (χ1v) is 6.18. The van der Waals surface area contributed by atoms with E-state index in [9.17, 15) is 0 Å². The fourth-order valence-corrected chi connectivity index (χ4v) is 1.90. The molecule has 0 saturated carbocycles. The Morgan fingerprint density at radius 2 is 1.71 bits per heavy atom. The number of nitrogens with one attached hydrogen (secondary N) is 1. The first-order chi connectivity index (χ1) is 8.38. The summed E-state index contributed by atoms with van der Waals surface area (Å²) in [4.78, 5) is 0. The summed E-state index contributed by atoms with van der Waals surface area (Å²) in [7, 11) is 0. The molecule has 17 heavy (non-hydrogen) atoms. The fourth-order valence-electron chi connectivity index (χ4n) is 1.90. The van der Waals surface area contributed by atoms with Gasteiger partial charge in [0.1, 0.15) is 0 Å². The van der Waals surface area contributed by atoms with E-state index in [-0.39, 0.29) is 0 Å². The second kappa shape index (κ2) is 6.13. The van der Waals surface area contributed by atoms with Crippen LogP contribution in [0.25, 0.3) is 0 Å². The summed E-state index contributed by atoms with van der Waals surface area (Å²) in [6.45, 7) is 2.21. The van der Waals surface area contributed by atoms with Gasteiger partial charge in [-0.3, -0.25) is 0 Å². The first kappa shape index (κ1) is 11.8. The zero-order valence-corrected chi connectivity index (χ0v) is 10.2. The van der Waals surface area contributed by atoms with E-state index in [0.29, 0.717) is 0 Å². The van der Waals surface area contributed by atoms with Gasteiger partial charge in [0.15, 0.2) is 5.82 Å². The Labute approximate surface area is 101 Å². The lowest BCUT2D eigenvalue weighted by Crippen LogP contribution is -1.93. The maximum atomic E-state index is 3.94. The highest BCUT2D eigenvalue weighted by Gasteiger charge is 1.99. The molecule has 0 amide bonds. The minimum atomic E-state index is 0.799. The average Bonchev–Trinajstić information content (AvgIpc) is 2.85. The Hall–Kier alpha value is -1.71. The van der Waals surface area contributed by atoms with E-state index in [1.54, 1.807) is 0 Å². The third kappa shape index (κ3) is 3.66. The van der Waals surface area contributed by atoms with Gasteiger partial charge in [-0.2, -0.15) is 5.21 Å². The van der Waals surface area contributed by atoms with Gasteiger partial charge in [0.2, 0.25) is 0 Å². The molecule has 2 rings (SSSR count). The average molecular weight is 230 g/mol. The number of aromatic nitrogens is 4. The summed E-state index contributed by atoms with van der Waals surface area (Å²) < 4.78 is 0. The predicted octanol–water partition coefficient (Wildman–Crippen LogP) is 2.33. The molecule has 0 bridgehead atoms. The zero-order chi connectivity index (χ0) is 11.9. The topological polar surface area (TPSA) is 54.5 Å². The molecular weight excluding hydrogens is 212 g/mol. The lowest BCUT2D eigenvalue weighted by molar-refractivity contribution is 0.773. The Bertz CT molecular complexity index is 419. The van der Waals surface area contributed by atoms with E-state index in [1.807, 2.05) is 0 Å². The Kier molecular flexibility index (Phi) is 4.24. The minimum Gasteiger partial charge on any atom is -0.177 e. The molecule has 0 fully saturated rings. The highest BCUT2D eigenvalue weighted by molar-refractivity contribution is 5.22. The number of aromatic amines is 1. The van der Waals surface area contributed by atoms with Crippen LogP contribution < -0.4 is 0 Å². The molecule has 4 nitrogen and oxygen atoms in total. The van der Waals surface area contributed by atoms with Gasteiger partial charge in [-0.05, 0) is 30.4 Å². The van der Waals surface area contributed by atoms with E-state index in [4.69, 9.17) is 0 Å². The number of rotatable bonds is 6. The number of benzene rings is 1. The number of hydrogen-bond donors (Lipinski definition) is 1. The summed E-state index contributed by atoms with van der Waals surface area (Å²) in [5.41, 5.74) is 2.81. The van der Waals surface area contributed by atoms with Gasteiger partial charge in [-0.1, -0.05) is 42.8 Å². The largest absolute Gasteiger partial charge is 0.177 e. The van der Waals surface area contributed by atoms with Gasteiger partial charge < -0.3 is 0 Å². The second-order valence-electron chi connectivity index (χ2n) is 4.25. The van der Waals surface area contributed by atoms with Crippen molar-refractivity contribution in [3.63, 3.8) is 0 Å². The van der Waals surface area contributed by atoms with E-state index in [0.717, 1.165) is 25.1 Å². The molecule has 0 radical (unpaired) electrons. The Balaban J connectivity index is 1.79. The molecule has 0 aliphatic rings. The van der Waals surface area contributed by atoms with Crippen LogP contribution in [-0.2, 0) is 19.3 Å². The summed E-state index contributed by atoms with van der Waals surface area (Å²) in [5.74, 6) is 0.799. The lowest BCUT2D eigenvalue weighted by atomic mass is 10.0. The van der Waals surface area contributed by atoms with Gasteiger partial charge in [-0.25, -0.2) is 0 Å². The normalized spacial score (nSPS) is 10.6. The van der Waals surface area contributed by atoms with Crippen molar-refractivity contribution in [3.8, 4) is 0 Å². The molecule has 0 saturated heterocycles. The van der Waals surface area contributed by atoms with Crippen molar-refractivity contribution in [2.24, 2.45) is 0 Å². The van der Waals surface area contributed by atoms with E-state index >= 15 is 0 Å². The summed E-state index contributed by atoms with van der Waals surface area (Å²) in [6, 6.07) is 8.91. The van der Waals surface area contributed by atoms with Crippen LogP contribution in [0.1, 0.15) is 36.7 Å². The number of tetrazole rings is 1. The first-order valence-electron chi connectivity index (χ1n) is 6.18. The van der Waals surface area contributed by atoms with Crippen molar-refractivity contribution in [2.45, 2.75) is 39.0 Å². The maximum absolute atomic E-state index is 3.94. The van der Waals surface area contributed by atoms with Gasteiger partial charge in [0.25, 0.3) is 0 Å². The molecule has 1 aromatic carbocycles. The molecule has 0 spiro atoms. The van der Waals surface area contributed by atoms with Crippen molar-refractivity contribution in [1.82, 2.24) is 20.6 Å². The van der Waals surface area contributed by atoms with Crippen molar-refractivity contribution in [2.75, 3.05) is 0 Å². The van der Waals surface area contributed by atoms with Crippen molar-refractivity contribution < 1.29 is 0 Å². The fraction of sp³-hybridized carbons (Fsp3) is 0.462. The zero-order valence-electron chi connectivity index (χ0n) is 10.2. The Morgan fingerprint density at radius 3 is 2.29 bits per heavy atom. The molecule has 1 heterocycles. The lowest BCUT2D eigenvalue weighted by Gasteiger charge is -2.02. The highest BCUT2D eigenvalue weighted by atomic mass is 15.5. The molecule has 0 aliphatic heterocycles. The van der Waals surface area contributed by atoms with Gasteiger partial charge in [0.05, 0.1) is 0 Å². The van der Waals surface area contributed by atoms with Gasteiger partial charge in [-0.15, -0.1) is 10.2 Å². The summed E-state index contributed by atoms with van der Waals surface area (Å²) >= 11 is 0. The van der Waals surface area contributed by atoms with Crippen LogP contribution >= 0.6 is 0 Å². The van der Waals surface area contributed by atoms with Crippen molar-refractivity contribution in [3.05, 3.63) is 41.2 Å². The van der Waals surface area contributed by atoms with Crippen LogP contribution in [0.5, 0.6) is 0 Å². The maximum Gasteiger partial charge on any atom is 0.174 e. The van der Waals surface area contributed by atoms with Crippen LogP contribution in [0, 0.1) is 0 Å². The molecule has 1 aromatic heterocycles. The SMILES string of the molecule is CCCc1ccc(CCCc2nn[nH]n2)cc1. The van der Waals surface area contributed by atoms with Crippen molar-refractivity contribution in [1.29, 1.82) is 0 Å². The number of nitrogens with zero attached hydrogens (tertiary/aromatic N) is 3. The van der Waals surface area contributed by atoms with Crippen LogP contribution in [0.2, 0.25) is 0 Å². The quantitative estimate of drug-likeness (QED) is 0.828. The third-order valence-electron chi connectivity index (χ3n) is 2.82. The molecule has 1 N–H and O–H groups in total. The number of H-pyrrole nitrogens is 1. The molecule has 0 unspecified atom stereocenters. The Morgan fingerprint density at radius 1 is 1.00 bits per heavy atom. The molecule has 0 aliphatic carbocycles. The predicted molar refractivity (Wildman–Crippen MR) is 66.6 cm³/mol. The smallest absolute Gasteiger partial charge is 0.174 e. The summed E-state index contributed by atoms with van der Waals surface area (Å²) in [6.07, 6.45) is 5.39. The summed E-state index contributed by atoms with van der Waals surface area (Å²) in [5, 5.41) is 13.9. The van der Waals surface area contributed by atoms with Crippen LogP contribution in [0.4, 0.5) is 0 Å². The molecule has 90 valence electrons. The van der Waals surface area contributed by atoms with Gasteiger partial charge in [0, 0.05) is 6.42 Å². The van der Waals surface area contributed by atoms with Gasteiger partial charge >= 0.3 is 0 Å². The van der Waals surface area contributed by atoms with Crippen LogP contribution in [-0.4, -0.2) is 20.6 Å². The number of hydrogen-bond acceptors (Lipinski definition) is 3.